The Kier molecular flexibility index (Phi) is 40.5. The van der Waals surface area contributed by atoms with Crippen molar-refractivity contribution >= 4 is 45.8 Å². The van der Waals surface area contributed by atoms with Gasteiger partial charge < -0.3 is 20.3 Å². The van der Waals surface area contributed by atoms with Crippen molar-refractivity contribution in [3.05, 3.63) is 11.6 Å². The van der Waals surface area contributed by atoms with E-state index in [4.69, 9.17) is 4.74 Å². The van der Waals surface area contributed by atoms with Gasteiger partial charge in [-0.05, 0) is 123 Å². The molecule has 0 radical (unpaired) electrons. The van der Waals surface area contributed by atoms with E-state index >= 15 is 0 Å². The fourth-order valence-corrected chi connectivity index (χ4v) is 8.46. The van der Waals surface area contributed by atoms with Crippen molar-refractivity contribution in [3.8, 4) is 0 Å². The summed E-state index contributed by atoms with van der Waals surface area (Å²) in [4.78, 5) is 63.5. The van der Waals surface area contributed by atoms with Gasteiger partial charge >= 0.3 is 6.09 Å². The minimum atomic E-state index is -0.519. The highest BCUT2D eigenvalue weighted by Gasteiger charge is 2.28. The van der Waals surface area contributed by atoms with Crippen LogP contribution in [0.25, 0.3) is 0 Å². The van der Waals surface area contributed by atoms with Crippen LogP contribution >= 0.6 is 11.3 Å². The summed E-state index contributed by atoms with van der Waals surface area (Å²) >= 11 is 1.47. The predicted molar refractivity (Wildman–Crippen MR) is 274 cm³/mol. The topological polar surface area (TPSA) is 135 Å². The maximum absolute atomic E-state index is 12.1. The number of ether oxygens (including phenoxy) is 1. The number of rotatable bonds is 9. The Morgan fingerprint density at radius 2 is 0.984 bits per heavy atom. The molecule has 4 aliphatic carbocycles. The lowest BCUT2D eigenvalue weighted by Crippen LogP contribution is -2.39. The monoisotopic (exact) mass is 923 g/mol. The fourth-order valence-electron chi connectivity index (χ4n) is 7.93. The van der Waals surface area contributed by atoms with Crippen molar-refractivity contribution < 1.29 is 28.7 Å². The Labute approximate surface area is 398 Å². The van der Waals surface area contributed by atoms with E-state index in [0.29, 0.717) is 29.9 Å². The van der Waals surface area contributed by atoms with Gasteiger partial charge in [0.15, 0.2) is 10.9 Å². The van der Waals surface area contributed by atoms with Crippen LogP contribution in [-0.4, -0.2) is 72.0 Å². The molecule has 4 fully saturated rings. The maximum Gasteiger partial charge on any atom is 0.410 e. The van der Waals surface area contributed by atoms with Crippen LogP contribution in [0.4, 0.5) is 9.93 Å². The first-order chi connectivity index (χ1) is 30.4. The molecule has 1 aromatic rings. The number of ketones is 3. The minimum Gasteiger partial charge on any atom is -0.444 e. The summed E-state index contributed by atoms with van der Waals surface area (Å²) in [7, 11) is 3.46. The molecule has 1 aromatic heterocycles. The van der Waals surface area contributed by atoms with Gasteiger partial charge in [0.2, 0.25) is 5.91 Å². The highest BCUT2D eigenvalue weighted by molar-refractivity contribution is 7.13. The number of aromatic nitrogens is 1. The first-order valence-electron chi connectivity index (χ1n) is 25.7. The van der Waals surface area contributed by atoms with Gasteiger partial charge in [-0.2, -0.15) is 0 Å². The molecule has 11 heteroatoms. The molecule has 4 aliphatic rings. The van der Waals surface area contributed by atoms with Crippen LogP contribution in [0.5, 0.6) is 0 Å². The Hall–Kier alpha value is -2.66. The number of hydrogen-bond donors (Lipinski definition) is 2. The summed E-state index contributed by atoms with van der Waals surface area (Å²) in [5.74, 6) is 5.41. The molecular formula is C53H102N4O6S. The Morgan fingerprint density at radius 1 is 0.625 bits per heavy atom. The highest BCUT2D eigenvalue weighted by Crippen LogP contribution is 2.31. The summed E-state index contributed by atoms with van der Waals surface area (Å²) in [6.45, 7) is 32.9. The van der Waals surface area contributed by atoms with Crippen LogP contribution in [0, 0.1) is 47.3 Å². The molecule has 2 amide bonds. The van der Waals surface area contributed by atoms with Crippen LogP contribution in [0.15, 0.2) is 11.6 Å². The number of amides is 2. The van der Waals surface area contributed by atoms with Gasteiger partial charge in [0.25, 0.3) is 0 Å². The van der Waals surface area contributed by atoms with Crippen LogP contribution in [0.2, 0.25) is 0 Å². The number of carbonyl (C=O) groups is 5. The first kappa shape index (κ1) is 65.6. The largest absolute Gasteiger partial charge is 0.444 e. The molecule has 376 valence electrons. The number of nitrogens with one attached hydrogen (secondary N) is 2. The van der Waals surface area contributed by atoms with Gasteiger partial charge in [-0.3, -0.25) is 19.2 Å². The molecule has 2 N–H and O–H groups in total. The number of anilines is 1. The lowest BCUT2D eigenvalue weighted by Gasteiger charge is -2.28. The summed E-state index contributed by atoms with van der Waals surface area (Å²) in [6.07, 6.45) is 19.3. The van der Waals surface area contributed by atoms with E-state index in [0.717, 1.165) is 93.0 Å². The zero-order valence-electron chi connectivity index (χ0n) is 44.8. The second-order valence-electron chi connectivity index (χ2n) is 18.6. The Morgan fingerprint density at radius 3 is 1.31 bits per heavy atom. The van der Waals surface area contributed by atoms with E-state index in [1.165, 1.54) is 54.8 Å². The number of thiazole rings is 1. The summed E-state index contributed by atoms with van der Waals surface area (Å²) in [5, 5.41) is 8.40. The highest BCUT2D eigenvalue weighted by atomic mass is 32.1. The van der Waals surface area contributed by atoms with Gasteiger partial charge in [0, 0.05) is 42.3 Å². The molecule has 4 saturated carbocycles. The smallest absolute Gasteiger partial charge is 0.410 e. The molecule has 0 aromatic carbocycles. The zero-order valence-corrected chi connectivity index (χ0v) is 45.6. The molecule has 0 aliphatic heterocycles. The number of hydrogen-bond acceptors (Lipinski definition) is 9. The van der Waals surface area contributed by atoms with Gasteiger partial charge in [0.1, 0.15) is 17.2 Å². The minimum absolute atomic E-state index is 0.126. The zero-order chi connectivity index (χ0) is 49.8. The average molecular weight is 923 g/mol. The van der Waals surface area contributed by atoms with Crippen molar-refractivity contribution in [3.63, 3.8) is 0 Å². The lowest BCUT2D eigenvalue weighted by atomic mass is 9.81. The van der Waals surface area contributed by atoms with Crippen LogP contribution in [-0.2, 0) is 23.9 Å². The number of Topliss-reactive ketones (excluding diaryl/α,β-unsaturated/α-hetero) is 3. The molecule has 0 spiro atoms. The molecule has 0 saturated heterocycles. The SMILES string of the molecule is CC.CC.CC.CC.CC(=O)C1CCC(C)CC1.CC1CCC(C(=O)CN(C)C(=O)OC(C)(C)C)CC1.CC1CCC(C(=O)Nc2nccs2)CC1.CNCC(=O)C1CCC(C)CC1. The van der Waals surface area contributed by atoms with Crippen molar-refractivity contribution in [2.45, 2.75) is 219 Å². The van der Waals surface area contributed by atoms with Crippen molar-refractivity contribution in [2.75, 3.05) is 32.5 Å². The van der Waals surface area contributed by atoms with E-state index in [1.807, 2.05) is 88.6 Å². The predicted octanol–water partition coefficient (Wildman–Crippen LogP) is 14.3. The average Bonchev–Trinajstić information content (AvgIpc) is 3.80. The maximum atomic E-state index is 12.1. The molecule has 0 atom stereocenters. The molecular weight excluding hydrogens is 821 g/mol. The Balaban J connectivity index is -0.000000750. The number of nitrogens with zero attached hydrogens (tertiary/aromatic N) is 2. The number of likely N-dealkylation sites (N-methyl/N-ethyl adjacent to an activating group) is 2. The normalized spacial score (nSPS) is 24.5. The van der Waals surface area contributed by atoms with E-state index < -0.39 is 11.7 Å². The van der Waals surface area contributed by atoms with Gasteiger partial charge in [-0.1, -0.05) is 122 Å². The third kappa shape index (κ3) is 31.3. The van der Waals surface area contributed by atoms with Crippen molar-refractivity contribution in [1.29, 1.82) is 0 Å². The second kappa shape index (κ2) is 39.5. The Bertz CT molecular complexity index is 1300. The van der Waals surface area contributed by atoms with Crippen LogP contribution in [0.3, 0.4) is 0 Å². The van der Waals surface area contributed by atoms with Crippen LogP contribution < -0.4 is 10.6 Å². The molecule has 0 unspecified atom stereocenters. The van der Waals surface area contributed by atoms with E-state index in [-0.39, 0.29) is 30.1 Å². The van der Waals surface area contributed by atoms with Gasteiger partial charge in [-0.15, -0.1) is 11.3 Å². The third-order valence-electron chi connectivity index (χ3n) is 12.0. The van der Waals surface area contributed by atoms with E-state index in [2.05, 4.69) is 43.3 Å². The molecule has 1 heterocycles. The molecule has 64 heavy (non-hydrogen) atoms. The van der Waals surface area contributed by atoms with Gasteiger partial charge in [0.05, 0.1) is 13.1 Å². The fraction of sp³-hybridized carbons (Fsp3) is 0.849. The number of carbonyl (C=O) groups excluding carboxylic acids is 5. The van der Waals surface area contributed by atoms with Crippen molar-refractivity contribution in [2.24, 2.45) is 47.3 Å². The molecule has 5 rings (SSSR count). The standard InChI is InChI=1S/C15H27NO3.C11H16N2OS.C10H19NO.C9H16O.4C2H6/c1-11-6-8-12(9-7-11)13(17)10-16(5)14(18)19-15(2,3)4;1-8-2-4-9(5-3-8)10(14)13-11-12-6-7-15-11;1-8-3-5-9(6-4-8)10(12)7-11-2;1-7-3-5-9(6-4-7)8(2)10;4*1-2/h11-12H,6-10H2,1-5H3;6-9H,2-5H2,1H3,(H,12,13,14);8-9,11H,3-7H2,1-2H3;7,9H,3-6H2,1-2H3;4*1-2H3. The third-order valence-corrected chi connectivity index (χ3v) is 12.7. The lowest BCUT2D eigenvalue weighted by molar-refractivity contribution is -0.125. The second-order valence-corrected chi connectivity index (χ2v) is 19.5. The van der Waals surface area contributed by atoms with E-state index in [9.17, 15) is 24.0 Å². The molecule has 0 bridgehead atoms. The van der Waals surface area contributed by atoms with Crippen LogP contribution in [0.1, 0.15) is 214 Å². The summed E-state index contributed by atoms with van der Waals surface area (Å²) in [6, 6.07) is 0. The van der Waals surface area contributed by atoms with Gasteiger partial charge in [-0.25, -0.2) is 9.78 Å². The van der Waals surface area contributed by atoms with E-state index in [1.54, 1.807) is 20.2 Å². The summed E-state index contributed by atoms with van der Waals surface area (Å²) < 4.78 is 5.24. The quantitative estimate of drug-likeness (QED) is 0.250. The summed E-state index contributed by atoms with van der Waals surface area (Å²) in [5.41, 5.74) is -0.519. The first-order valence-corrected chi connectivity index (χ1v) is 26.6. The van der Waals surface area contributed by atoms with Crippen molar-refractivity contribution in [1.82, 2.24) is 15.2 Å². The molecule has 10 nitrogen and oxygen atoms in total.